The van der Waals surface area contributed by atoms with Gasteiger partial charge in [-0.3, -0.25) is 0 Å². The van der Waals surface area contributed by atoms with Crippen LogP contribution in [0.4, 0.5) is 0 Å². The van der Waals surface area contributed by atoms with Gasteiger partial charge >= 0.3 is 0 Å². The molecule has 26 heavy (non-hydrogen) atoms. The van der Waals surface area contributed by atoms with Gasteiger partial charge in [-0.1, -0.05) is 77.1 Å². The molecule has 2 rings (SSSR count). The molecule has 0 heterocycles. The summed E-state index contributed by atoms with van der Waals surface area (Å²) in [6.45, 7) is 14.0. The van der Waals surface area contributed by atoms with Crippen LogP contribution in [0.25, 0.3) is 0 Å². The number of benzene rings is 2. The number of rotatable bonds is 8. The van der Waals surface area contributed by atoms with Crippen LogP contribution in [0.15, 0.2) is 54.6 Å². The second-order valence-electron chi connectivity index (χ2n) is 8.67. The SMILES string of the molecule is CC(OCc1ccccc1)Oc1ccc(C(CC(C)(C)C)C(C)C)cc1. The van der Waals surface area contributed by atoms with Crippen LogP contribution in [0.5, 0.6) is 5.75 Å². The summed E-state index contributed by atoms with van der Waals surface area (Å²) in [6, 6.07) is 18.7. The smallest absolute Gasteiger partial charge is 0.197 e. The summed E-state index contributed by atoms with van der Waals surface area (Å²) in [7, 11) is 0. The lowest BCUT2D eigenvalue weighted by atomic mass is 9.76. The summed E-state index contributed by atoms with van der Waals surface area (Å²) in [6.07, 6.45) is 0.901. The lowest BCUT2D eigenvalue weighted by Gasteiger charge is -2.29. The topological polar surface area (TPSA) is 18.5 Å². The van der Waals surface area contributed by atoms with Gasteiger partial charge in [0, 0.05) is 0 Å². The molecular formula is C24H34O2. The van der Waals surface area contributed by atoms with Crippen LogP contribution in [-0.4, -0.2) is 6.29 Å². The van der Waals surface area contributed by atoms with Gasteiger partial charge in [0.25, 0.3) is 0 Å². The fourth-order valence-electron chi connectivity index (χ4n) is 3.21. The van der Waals surface area contributed by atoms with Gasteiger partial charge in [-0.2, -0.15) is 0 Å². The molecule has 2 heteroatoms. The second-order valence-corrected chi connectivity index (χ2v) is 8.67. The number of ether oxygens (including phenoxy) is 2. The van der Waals surface area contributed by atoms with Gasteiger partial charge in [0.05, 0.1) is 6.61 Å². The molecule has 0 fully saturated rings. The monoisotopic (exact) mass is 354 g/mol. The molecule has 2 aromatic rings. The molecule has 2 unspecified atom stereocenters. The van der Waals surface area contributed by atoms with E-state index in [9.17, 15) is 0 Å². The maximum Gasteiger partial charge on any atom is 0.197 e. The summed E-state index contributed by atoms with van der Waals surface area (Å²) >= 11 is 0. The molecule has 2 aromatic carbocycles. The Labute approximate surface area is 159 Å². The maximum absolute atomic E-state index is 5.91. The van der Waals surface area contributed by atoms with Gasteiger partial charge < -0.3 is 9.47 Å². The first-order chi connectivity index (χ1) is 12.2. The zero-order chi connectivity index (χ0) is 19.2. The van der Waals surface area contributed by atoms with Crippen LogP contribution in [0, 0.1) is 11.3 Å². The Hall–Kier alpha value is -1.80. The Morgan fingerprint density at radius 3 is 2.00 bits per heavy atom. The van der Waals surface area contributed by atoms with Gasteiger partial charge in [0.2, 0.25) is 0 Å². The van der Waals surface area contributed by atoms with E-state index in [1.54, 1.807) is 0 Å². The van der Waals surface area contributed by atoms with Crippen LogP contribution in [-0.2, 0) is 11.3 Å². The molecule has 2 nitrogen and oxygen atoms in total. The quantitative estimate of drug-likeness (QED) is 0.485. The molecule has 0 saturated heterocycles. The van der Waals surface area contributed by atoms with Crippen molar-refractivity contribution in [3.8, 4) is 5.75 Å². The summed E-state index contributed by atoms with van der Waals surface area (Å²) in [5, 5.41) is 0. The second kappa shape index (κ2) is 9.23. The highest BCUT2D eigenvalue weighted by molar-refractivity contribution is 5.30. The fraction of sp³-hybridized carbons (Fsp3) is 0.500. The summed E-state index contributed by atoms with van der Waals surface area (Å²) in [4.78, 5) is 0. The van der Waals surface area contributed by atoms with Crippen LogP contribution in [0.1, 0.15) is 65.0 Å². The normalized spacial score (nSPS) is 14.3. The lowest BCUT2D eigenvalue weighted by Crippen LogP contribution is -2.17. The Morgan fingerprint density at radius 2 is 1.46 bits per heavy atom. The van der Waals surface area contributed by atoms with Crippen molar-refractivity contribution in [1.29, 1.82) is 0 Å². The third-order valence-corrected chi connectivity index (χ3v) is 4.57. The first-order valence-electron chi connectivity index (χ1n) is 9.67. The molecule has 0 bridgehead atoms. The van der Waals surface area contributed by atoms with E-state index in [0.717, 1.165) is 11.3 Å². The van der Waals surface area contributed by atoms with Crippen molar-refractivity contribution in [3.05, 3.63) is 65.7 Å². The highest BCUT2D eigenvalue weighted by atomic mass is 16.7. The summed E-state index contributed by atoms with van der Waals surface area (Å²) in [5.41, 5.74) is 2.87. The zero-order valence-corrected chi connectivity index (χ0v) is 17.2. The molecular weight excluding hydrogens is 320 g/mol. The van der Waals surface area contributed by atoms with Gasteiger partial charge in [-0.15, -0.1) is 0 Å². The van der Waals surface area contributed by atoms with E-state index in [1.165, 1.54) is 12.0 Å². The molecule has 0 N–H and O–H groups in total. The van der Waals surface area contributed by atoms with Crippen molar-refractivity contribution in [3.63, 3.8) is 0 Å². The van der Waals surface area contributed by atoms with Crippen LogP contribution in [0.2, 0.25) is 0 Å². The predicted octanol–water partition coefficient (Wildman–Crippen LogP) is 6.80. The Kier molecular flexibility index (Phi) is 7.28. The van der Waals surface area contributed by atoms with Gasteiger partial charge in [0.15, 0.2) is 6.29 Å². The molecule has 2 atom stereocenters. The minimum Gasteiger partial charge on any atom is -0.465 e. The van der Waals surface area contributed by atoms with E-state index < -0.39 is 0 Å². The van der Waals surface area contributed by atoms with E-state index in [2.05, 4.69) is 71.0 Å². The van der Waals surface area contributed by atoms with Crippen LogP contribution in [0.3, 0.4) is 0 Å². The van der Waals surface area contributed by atoms with Crippen molar-refractivity contribution in [1.82, 2.24) is 0 Å². The highest BCUT2D eigenvalue weighted by Gasteiger charge is 2.23. The summed E-state index contributed by atoms with van der Waals surface area (Å²) in [5.74, 6) is 2.04. The van der Waals surface area contributed by atoms with Gasteiger partial charge in [-0.25, -0.2) is 0 Å². The molecule has 0 aliphatic heterocycles. The van der Waals surface area contributed by atoms with Crippen LogP contribution >= 0.6 is 0 Å². The van der Waals surface area contributed by atoms with E-state index in [0.29, 0.717) is 23.9 Å². The van der Waals surface area contributed by atoms with Crippen LogP contribution < -0.4 is 4.74 Å². The lowest BCUT2D eigenvalue weighted by molar-refractivity contribution is -0.0759. The first-order valence-corrected chi connectivity index (χ1v) is 9.67. The van der Waals surface area contributed by atoms with E-state index in [-0.39, 0.29) is 6.29 Å². The fourth-order valence-corrected chi connectivity index (χ4v) is 3.21. The number of hydrogen-bond donors (Lipinski definition) is 0. The van der Waals surface area contributed by atoms with E-state index in [4.69, 9.17) is 9.47 Å². The maximum atomic E-state index is 5.91. The predicted molar refractivity (Wildman–Crippen MR) is 109 cm³/mol. The Balaban J connectivity index is 1.93. The first kappa shape index (κ1) is 20.5. The zero-order valence-electron chi connectivity index (χ0n) is 17.2. The Bertz CT molecular complexity index is 638. The molecule has 0 aliphatic carbocycles. The number of hydrogen-bond acceptors (Lipinski definition) is 2. The minimum atomic E-state index is -0.281. The average molecular weight is 355 g/mol. The third-order valence-electron chi connectivity index (χ3n) is 4.57. The van der Waals surface area contributed by atoms with Gasteiger partial charge in [-0.05, 0) is 53.9 Å². The van der Waals surface area contributed by atoms with E-state index >= 15 is 0 Å². The summed E-state index contributed by atoms with van der Waals surface area (Å²) < 4.78 is 11.7. The molecule has 0 aliphatic rings. The molecule has 142 valence electrons. The largest absolute Gasteiger partial charge is 0.465 e. The van der Waals surface area contributed by atoms with Gasteiger partial charge in [0.1, 0.15) is 5.75 Å². The standard InChI is InChI=1S/C24H34O2/c1-18(2)23(16-24(4,5)6)21-12-14-22(15-13-21)26-19(3)25-17-20-10-8-7-9-11-20/h7-15,18-19,23H,16-17H2,1-6H3. The van der Waals surface area contributed by atoms with Crippen molar-refractivity contribution in [2.75, 3.05) is 0 Å². The highest BCUT2D eigenvalue weighted by Crippen LogP contribution is 2.36. The van der Waals surface area contributed by atoms with Crippen molar-refractivity contribution < 1.29 is 9.47 Å². The van der Waals surface area contributed by atoms with Crippen molar-refractivity contribution in [2.45, 2.75) is 66.8 Å². The van der Waals surface area contributed by atoms with Crippen molar-refractivity contribution in [2.24, 2.45) is 11.3 Å². The molecule has 0 radical (unpaired) electrons. The molecule has 0 spiro atoms. The minimum absolute atomic E-state index is 0.281. The third kappa shape index (κ3) is 6.84. The molecule has 0 amide bonds. The Morgan fingerprint density at radius 1 is 0.846 bits per heavy atom. The van der Waals surface area contributed by atoms with Crippen molar-refractivity contribution >= 4 is 0 Å². The average Bonchev–Trinajstić information content (AvgIpc) is 2.59. The molecule has 0 saturated carbocycles. The van der Waals surface area contributed by atoms with E-state index in [1.807, 2.05) is 25.1 Å². The molecule has 0 aromatic heterocycles.